The third kappa shape index (κ3) is 5.70. The van der Waals surface area contributed by atoms with E-state index in [9.17, 15) is 19.5 Å². The number of aliphatic hydroxyl groups is 1. The van der Waals surface area contributed by atoms with Crippen molar-refractivity contribution in [1.29, 1.82) is 0 Å². The first-order chi connectivity index (χ1) is 15.9. The lowest BCUT2D eigenvalue weighted by atomic mass is 10.0. The minimum Gasteiger partial charge on any atom is -0.396 e. The molecule has 6 N–H and O–H groups in total. The minimum atomic E-state index is -1.03. The maximum atomic E-state index is 13.5. The largest absolute Gasteiger partial charge is 0.396 e. The van der Waals surface area contributed by atoms with Crippen LogP contribution in [-0.2, 0) is 11.3 Å². The molecule has 10 nitrogen and oxygen atoms in total. The minimum absolute atomic E-state index is 0.00310. The highest BCUT2D eigenvalue weighted by Crippen LogP contribution is 2.29. The first-order valence-electron chi connectivity index (χ1n) is 10.1. The number of nitrogen functional groups attached to an aromatic ring is 1. The van der Waals surface area contributed by atoms with Gasteiger partial charge < -0.3 is 26.8 Å². The molecule has 2 aromatic heterocycles. The average Bonchev–Trinajstić information content (AvgIpc) is 3.22. The van der Waals surface area contributed by atoms with Crippen LogP contribution in [0, 0.1) is 0 Å². The number of carbonyl (C=O) groups is 3. The van der Waals surface area contributed by atoms with Crippen molar-refractivity contribution in [3.8, 4) is 0 Å². The fourth-order valence-electron chi connectivity index (χ4n) is 3.25. The molecular weight excluding hydrogens is 444 g/mol. The second-order valence-electron chi connectivity index (χ2n) is 7.10. The molecule has 0 radical (unpaired) electrons. The predicted molar refractivity (Wildman–Crippen MR) is 123 cm³/mol. The summed E-state index contributed by atoms with van der Waals surface area (Å²) >= 11 is 0.735. The Balaban J connectivity index is 1.96. The fraction of sp³-hybridized carbons (Fsp3) is 0.227. The Kier molecular flexibility index (Phi) is 8.06. The second-order valence-corrected chi connectivity index (χ2v) is 7.87. The number of nitrogens with two attached hydrogens (primary N) is 2. The van der Waals surface area contributed by atoms with Gasteiger partial charge in [-0.15, -0.1) is 0 Å². The third-order valence-corrected chi connectivity index (χ3v) is 5.72. The Labute approximate surface area is 194 Å². The summed E-state index contributed by atoms with van der Waals surface area (Å²) in [6.45, 7) is 0.130. The number of aromatic nitrogens is 2. The van der Waals surface area contributed by atoms with Crippen LogP contribution in [-0.4, -0.2) is 50.2 Å². The van der Waals surface area contributed by atoms with Crippen LogP contribution in [0.15, 0.2) is 54.9 Å². The van der Waals surface area contributed by atoms with Gasteiger partial charge in [0.25, 0.3) is 11.8 Å². The van der Waals surface area contributed by atoms with Gasteiger partial charge in [0.15, 0.2) is 5.69 Å². The summed E-state index contributed by atoms with van der Waals surface area (Å²) in [6.07, 6.45) is 3.27. The smallest absolute Gasteiger partial charge is 0.270 e. The van der Waals surface area contributed by atoms with Gasteiger partial charge in [-0.25, -0.2) is 0 Å². The van der Waals surface area contributed by atoms with Crippen molar-refractivity contribution in [2.75, 3.05) is 18.9 Å². The van der Waals surface area contributed by atoms with Gasteiger partial charge in [-0.3, -0.25) is 19.4 Å². The van der Waals surface area contributed by atoms with Crippen molar-refractivity contribution >= 4 is 34.9 Å². The summed E-state index contributed by atoms with van der Waals surface area (Å²) in [7, 11) is 0. The van der Waals surface area contributed by atoms with Gasteiger partial charge in [-0.05, 0) is 41.2 Å². The van der Waals surface area contributed by atoms with Gasteiger partial charge in [0.2, 0.25) is 5.91 Å². The zero-order valence-corrected chi connectivity index (χ0v) is 18.5. The number of hydrogen-bond acceptors (Lipinski definition) is 8. The molecule has 3 rings (SSSR count). The number of hydrogen-bond donors (Lipinski definition) is 4. The van der Waals surface area contributed by atoms with Crippen LogP contribution in [0.1, 0.15) is 43.7 Å². The molecule has 0 fully saturated rings. The molecule has 0 aliphatic rings. The molecule has 3 aromatic rings. The summed E-state index contributed by atoms with van der Waals surface area (Å²) < 4.78 is 3.89. The van der Waals surface area contributed by atoms with Crippen LogP contribution in [0.3, 0.4) is 0 Å². The van der Waals surface area contributed by atoms with Gasteiger partial charge in [-0.1, -0.05) is 30.3 Å². The number of pyridine rings is 1. The Morgan fingerprint density at radius 2 is 1.82 bits per heavy atom. The number of rotatable bonds is 10. The van der Waals surface area contributed by atoms with Crippen LogP contribution in [0.2, 0.25) is 0 Å². The third-order valence-electron chi connectivity index (χ3n) is 4.87. The van der Waals surface area contributed by atoms with E-state index in [-0.39, 0.29) is 42.4 Å². The standard InChI is InChI=1S/C22H24N6O4S/c23-16-17(20(24)30)27-33-19(16)22(32)28(11-4-12-29)18(15-7-9-25-10-8-15)21(31)26-13-14-5-2-1-3-6-14/h1-3,5-10,18,29H,4,11-13,23H2,(H2,24,30)(H,26,31). The highest BCUT2D eigenvalue weighted by atomic mass is 32.1. The van der Waals surface area contributed by atoms with E-state index in [0.717, 1.165) is 17.1 Å². The lowest BCUT2D eigenvalue weighted by molar-refractivity contribution is -0.126. The first kappa shape index (κ1) is 23.8. The van der Waals surface area contributed by atoms with Crippen molar-refractivity contribution in [1.82, 2.24) is 19.6 Å². The number of aliphatic hydroxyl groups excluding tert-OH is 1. The summed E-state index contributed by atoms with van der Waals surface area (Å²) in [5, 5.41) is 12.3. The summed E-state index contributed by atoms with van der Waals surface area (Å²) in [5.74, 6) is -1.87. The van der Waals surface area contributed by atoms with E-state index in [0.29, 0.717) is 5.56 Å². The fourth-order valence-corrected chi connectivity index (χ4v) is 4.01. The molecular formula is C22H24N6O4S. The molecule has 11 heteroatoms. The quantitative estimate of drug-likeness (QED) is 0.346. The molecule has 1 unspecified atom stereocenters. The molecule has 1 atom stereocenters. The Bertz CT molecular complexity index is 1110. The number of amides is 3. The molecule has 172 valence electrons. The highest BCUT2D eigenvalue weighted by molar-refractivity contribution is 7.09. The molecule has 0 spiro atoms. The van der Waals surface area contributed by atoms with E-state index in [2.05, 4.69) is 14.7 Å². The lowest BCUT2D eigenvalue weighted by Crippen LogP contribution is -2.44. The number of anilines is 1. The van der Waals surface area contributed by atoms with E-state index < -0.39 is 23.8 Å². The molecule has 1 aromatic carbocycles. The van der Waals surface area contributed by atoms with Crippen LogP contribution < -0.4 is 16.8 Å². The molecule has 3 amide bonds. The second kappa shape index (κ2) is 11.2. The molecule has 33 heavy (non-hydrogen) atoms. The van der Waals surface area contributed by atoms with Crippen LogP contribution in [0.4, 0.5) is 5.69 Å². The Morgan fingerprint density at radius 1 is 1.12 bits per heavy atom. The van der Waals surface area contributed by atoms with Gasteiger partial charge in [-0.2, -0.15) is 4.37 Å². The molecule has 0 saturated heterocycles. The number of benzene rings is 1. The van der Waals surface area contributed by atoms with Crippen molar-refractivity contribution < 1.29 is 19.5 Å². The number of carbonyl (C=O) groups excluding carboxylic acids is 3. The Hall–Kier alpha value is -3.83. The van der Waals surface area contributed by atoms with E-state index in [4.69, 9.17) is 11.5 Å². The zero-order chi connectivity index (χ0) is 23.8. The Morgan fingerprint density at radius 3 is 2.42 bits per heavy atom. The van der Waals surface area contributed by atoms with Crippen molar-refractivity contribution in [3.63, 3.8) is 0 Å². The zero-order valence-electron chi connectivity index (χ0n) is 17.7. The van der Waals surface area contributed by atoms with Crippen molar-refractivity contribution in [3.05, 3.63) is 76.6 Å². The average molecular weight is 469 g/mol. The maximum absolute atomic E-state index is 13.5. The SMILES string of the molecule is NC(=O)c1nsc(C(=O)N(CCCO)C(C(=O)NCc2ccccc2)c2ccncc2)c1N. The van der Waals surface area contributed by atoms with Crippen LogP contribution in [0.5, 0.6) is 0 Å². The first-order valence-corrected chi connectivity index (χ1v) is 10.9. The summed E-state index contributed by atoms with van der Waals surface area (Å²) in [5.41, 5.74) is 12.3. The topological polar surface area (TPSA) is 165 Å². The molecule has 0 bridgehead atoms. The van der Waals surface area contributed by atoms with Crippen molar-refractivity contribution in [2.24, 2.45) is 5.73 Å². The number of primary amides is 1. The normalized spacial score (nSPS) is 11.5. The number of nitrogens with one attached hydrogen (secondary N) is 1. The van der Waals surface area contributed by atoms with Gasteiger partial charge in [0.05, 0.1) is 5.69 Å². The molecule has 2 heterocycles. The van der Waals surface area contributed by atoms with E-state index in [1.54, 1.807) is 12.1 Å². The molecule has 0 aliphatic carbocycles. The maximum Gasteiger partial charge on any atom is 0.270 e. The summed E-state index contributed by atoms with van der Waals surface area (Å²) in [4.78, 5) is 43.7. The molecule has 0 aliphatic heterocycles. The van der Waals surface area contributed by atoms with Crippen LogP contribution in [0.25, 0.3) is 0 Å². The van der Waals surface area contributed by atoms with Gasteiger partial charge in [0, 0.05) is 32.1 Å². The van der Waals surface area contributed by atoms with Crippen LogP contribution >= 0.6 is 11.5 Å². The van der Waals surface area contributed by atoms with Gasteiger partial charge >= 0.3 is 0 Å². The summed E-state index contributed by atoms with van der Waals surface area (Å²) in [6, 6.07) is 11.6. The van der Waals surface area contributed by atoms with E-state index in [1.165, 1.54) is 17.3 Å². The van der Waals surface area contributed by atoms with Crippen molar-refractivity contribution in [2.45, 2.75) is 19.0 Å². The van der Waals surface area contributed by atoms with E-state index >= 15 is 0 Å². The predicted octanol–water partition coefficient (Wildman–Crippen LogP) is 1.10. The number of nitrogens with zero attached hydrogens (tertiary/aromatic N) is 3. The van der Waals surface area contributed by atoms with Gasteiger partial charge in [0.1, 0.15) is 10.9 Å². The molecule has 0 saturated carbocycles. The highest BCUT2D eigenvalue weighted by Gasteiger charge is 2.34. The lowest BCUT2D eigenvalue weighted by Gasteiger charge is -2.31. The monoisotopic (exact) mass is 468 g/mol. The van der Waals surface area contributed by atoms with E-state index in [1.807, 2.05) is 30.3 Å².